The van der Waals surface area contributed by atoms with Crippen LogP contribution in [0, 0.1) is 0 Å². The van der Waals surface area contributed by atoms with Crippen molar-refractivity contribution in [2.75, 3.05) is 13.1 Å². The maximum Gasteiger partial charge on any atom is 0.241 e. The van der Waals surface area contributed by atoms with Crippen molar-refractivity contribution < 1.29 is 4.79 Å². The normalized spacial score (nSPS) is 12.5. The molecule has 1 heterocycles. The van der Waals surface area contributed by atoms with E-state index in [1.54, 1.807) is 0 Å². The number of likely N-dealkylation sites (N-methyl/N-ethyl adjacent to an activating group) is 1. The summed E-state index contributed by atoms with van der Waals surface area (Å²) in [6.07, 6.45) is 2.52. The number of amides is 1. The number of aromatic nitrogens is 1. The molecule has 0 saturated carbocycles. The van der Waals surface area contributed by atoms with Crippen LogP contribution in [0.3, 0.4) is 0 Å². The van der Waals surface area contributed by atoms with E-state index < -0.39 is 6.04 Å². The van der Waals surface area contributed by atoms with E-state index in [-0.39, 0.29) is 5.91 Å². The van der Waals surface area contributed by atoms with Crippen molar-refractivity contribution in [3.8, 4) is 0 Å². The molecule has 0 aliphatic carbocycles. The van der Waals surface area contributed by atoms with Crippen LogP contribution in [0.25, 0.3) is 0 Å². The molecule has 4 nitrogen and oxygen atoms in total. The average molecular weight is 338 g/mol. The van der Waals surface area contributed by atoms with E-state index >= 15 is 0 Å². The lowest BCUT2D eigenvalue weighted by molar-refractivity contribution is -0.123. The fourth-order valence-electron chi connectivity index (χ4n) is 2.41. The third kappa shape index (κ3) is 3.85. The molecule has 6 heteroatoms. The first kappa shape index (κ1) is 16.9. The molecule has 1 aromatic heterocycles. The Bertz CT molecular complexity index is 640. The monoisotopic (exact) mass is 337 g/mol. The van der Waals surface area contributed by atoms with Crippen LogP contribution in [0.2, 0.25) is 5.02 Å². The van der Waals surface area contributed by atoms with Crippen molar-refractivity contribution >= 4 is 28.8 Å². The van der Waals surface area contributed by atoms with Gasteiger partial charge in [0.2, 0.25) is 5.91 Å². The maximum absolute atomic E-state index is 11.8. The number of carbonyl (C=O) groups is 1. The summed E-state index contributed by atoms with van der Waals surface area (Å²) in [5, 5.41) is 1.49. The summed E-state index contributed by atoms with van der Waals surface area (Å²) < 4.78 is 0. The van der Waals surface area contributed by atoms with Crippen LogP contribution in [0.15, 0.2) is 30.5 Å². The molecule has 0 spiro atoms. The highest BCUT2D eigenvalue weighted by Gasteiger charge is 2.26. The Hall–Kier alpha value is -1.43. The van der Waals surface area contributed by atoms with E-state index in [0.717, 1.165) is 33.6 Å². The zero-order valence-corrected chi connectivity index (χ0v) is 14.3. The molecule has 0 radical (unpaired) electrons. The molecule has 2 rings (SSSR count). The summed E-state index contributed by atoms with van der Waals surface area (Å²) >= 11 is 7.71. The molecule has 2 aromatic rings. The minimum atomic E-state index is -0.458. The second kappa shape index (κ2) is 7.72. The van der Waals surface area contributed by atoms with Crippen LogP contribution in [0.1, 0.15) is 35.3 Å². The molecule has 22 heavy (non-hydrogen) atoms. The zero-order chi connectivity index (χ0) is 16.1. The minimum Gasteiger partial charge on any atom is -0.368 e. The summed E-state index contributed by atoms with van der Waals surface area (Å²) in [7, 11) is 0. The highest BCUT2D eigenvalue weighted by molar-refractivity contribution is 7.11. The van der Waals surface area contributed by atoms with Crippen LogP contribution >= 0.6 is 22.9 Å². The topological polar surface area (TPSA) is 59.2 Å². The third-order valence-electron chi connectivity index (χ3n) is 3.57. The minimum absolute atomic E-state index is 0.359. The van der Waals surface area contributed by atoms with Gasteiger partial charge in [0.25, 0.3) is 0 Å². The van der Waals surface area contributed by atoms with Gasteiger partial charge in [-0.15, -0.1) is 11.3 Å². The Morgan fingerprint density at radius 1 is 1.36 bits per heavy atom. The predicted molar refractivity (Wildman–Crippen MR) is 91.2 cm³/mol. The van der Waals surface area contributed by atoms with Gasteiger partial charge in [-0.05, 0) is 24.7 Å². The van der Waals surface area contributed by atoms with E-state index in [4.69, 9.17) is 17.3 Å². The van der Waals surface area contributed by atoms with E-state index in [1.807, 2.05) is 49.2 Å². The predicted octanol–water partition coefficient (Wildman–Crippen LogP) is 3.26. The number of primary amides is 1. The van der Waals surface area contributed by atoms with Gasteiger partial charge in [0.05, 0.1) is 0 Å². The number of nitrogens with two attached hydrogens (primary N) is 1. The molecular weight excluding hydrogens is 318 g/mol. The van der Waals surface area contributed by atoms with E-state index in [1.165, 1.54) is 11.3 Å². The molecule has 0 fully saturated rings. The van der Waals surface area contributed by atoms with Gasteiger partial charge in [-0.2, -0.15) is 0 Å². The van der Waals surface area contributed by atoms with Crippen LogP contribution in [-0.2, 0) is 11.2 Å². The summed E-state index contributed by atoms with van der Waals surface area (Å²) in [5.41, 5.74) is 6.63. The van der Waals surface area contributed by atoms with Gasteiger partial charge >= 0.3 is 0 Å². The number of carbonyl (C=O) groups excluding carboxylic acids is 1. The standard InChI is InChI=1S/C16H20ClN3OS/c1-3-20(4-2)14(15(18)21)16-19-10-12(22-16)9-11-7-5-6-8-13(11)17/h5-8,10,14H,3-4,9H2,1-2H3,(H2,18,21). The highest BCUT2D eigenvalue weighted by atomic mass is 35.5. The van der Waals surface area contributed by atoms with Crippen molar-refractivity contribution in [2.24, 2.45) is 5.73 Å². The van der Waals surface area contributed by atoms with Gasteiger partial charge in [-0.25, -0.2) is 4.98 Å². The number of hydrogen-bond donors (Lipinski definition) is 1. The summed E-state index contributed by atoms with van der Waals surface area (Å²) in [4.78, 5) is 19.3. The fourth-order valence-corrected chi connectivity index (χ4v) is 3.69. The highest BCUT2D eigenvalue weighted by Crippen LogP contribution is 2.28. The molecule has 1 unspecified atom stereocenters. The number of thiazole rings is 1. The summed E-state index contributed by atoms with van der Waals surface area (Å²) in [5.74, 6) is -0.359. The quantitative estimate of drug-likeness (QED) is 0.843. The molecular formula is C16H20ClN3OS. The van der Waals surface area contributed by atoms with Crippen LogP contribution in [-0.4, -0.2) is 28.9 Å². The number of nitrogens with zero attached hydrogens (tertiary/aromatic N) is 2. The Labute approximate surface area is 139 Å². The molecule has 1 aromatic carbocycles. The zero-order valence-electron chi connectivity index (χ0n) is 12.8. The largest absolute Gasteiger partial charge is 0.368 e. The Kier molecular flexibility index (Phi) is 5.94. The van der Waals surface area contributed by atoms with E-state index in [0.29, 0.717) is 6.42 Å². The van der Waals surface area contributed by atoms with Crippen molar-refractivity contribution in [3.63, 3.8) is 0 Å². The Morgan fingerprint density at radius 2 is 2.05 bits per heavy atom. The number of benzene rings is 1. The molecule has 118 valence electrons. The van der Waals surface area contributed by atoms with Gasteiger partial charge in [0, 0.05) is 22.5 Å². The summed E-state index contributed by atoms with van der Waals surface area (Å²) in [6.45, 7) is 5.53. The first-order valence-electron chi connectivity index (χ1n) is 7.28. The second-order valence-corrected chi connectivity index (χ2v) is 6.51. The van der Waals surface area contributed by atoms with Gasteiger partial charge in [0.1, 0.15) is 11.0 Å². The molecule has 0 aliphatic rings. The Balaban J connectivity index is 2.22. The van der Waals surface area contributed by atoms with Crippen LogP contribution in [0.4, 0.5) is 0 Å². The van der Waals surface area contributed by atoms with Gasteiger partial charge in [-0.1, -0.05) is 43.6 Å². The molecule has 0 bridgehead atoms. The number of halogens is 1. The van der Waals surface area contributed by atoms with E-state index in [9.17, 15) is 4.79 Å². The van der Waals surface area contributed by atoms with Crippen LogP contribution in [0.5, 0.6) is 0 Å². The molecule has 0 saturated heterocycles. The smallest absolute Gasteiger partial charge is 0.241 e. The maximum atomic E-state index is 11.8. The second-order valence-electron chi connectivity index (χ2n) is 4.96. The lowest BCUT2D eigenvalue weighted by atomic mass is 10.1. The average Bonchev–Trinajstić information content (AvgIpc) is 2.94. The lowest BCUT2D eigenvalue weighted by Crippen LogP contribution is -2.37. The van der Waals surface area contributed by atoms with Gasteiger partial charge in [-0.3, -0.25) is 9.69 Å². The first-order chi connectivity index (χ1) is 10.6. The number of hydrogen-bond acceptors (Lipinski definition) is 4. The fraction of sp³-hybridized carbons (Fsp3) is 0.375. The molecule has 2 N–H and O–H groups in total. The molecule has 1 atom stereocenters. The van der Waals surface area contributed by atoms with Crippen molar-refractivity contribution in [3.05, 3.63) is 50.9 Å². The molecule has 0 aliphatic heterocycles. The SMILES string of the molecule is CCN(CC)C(C(N)=O)c1ncc(Cc2ccccc2Cl)s1. The van der Waals surface area contributed by atoms with Gasteiger partial charge < -0.3 is 5.73 Å². The van der Waals surface area contributed by atoms with Crippen LogP contribution < -0.4 is 5.73 Å². The van der Waals surface area contributed by atoms with Crippen molar-refractivity contribution in [2.45, 2.75) is 26.3 Å². The summed E-state index contributed by atoms with van der Waals surface area (Å²) in [6, 6.07) is 7.29. The third-order valence-corrected chi connectivity index (χ3v) is 4.99. The first-order valence-corrected chi connectivity index (χ1v) is 8.47. The Morgan fingerprint density at radius 3 is 2.64 bits per heavy atom. The lowest BCUT2D eigenvalue weighted by Gasteiger charge is -2.25. The number of rotatable bonds is 7. The van der Waals surface area contributed by atoms with Crippen molar-refractivity contribution in [1.29, 1.82) is 0 Å². The van der Waals surface area contributed by atoms with Crippen molar-refractivity contribution in [1.82, 2.24) is 9.88 Å². The van der Waals surface area contributed by atoms with E-state index in [2.05, 4.69) is 4.98 Å². The van der Waals surface area contributed by atoms with Gasteiger partial charge in [0.15, 0.2) is 0 Å². The molecule has 1 amide bonds.